The van der Waals surface area contributed by atoms with Crippen LogP contribution in [0.25, 0.3) is 0 Å². The number of fused-ring (bicyclic) bond motifs is 1. The zero-order chi connectivity index (χ0) is 6.43. The summed E-state index contributed by atoms with van der Waals surface area (Å²) in [5.74, 6) is 2.71. The third-order valence-corrected chi connectivity index (χ3v) is 2.69. The van der Waals surface area contributed by atoms with Crippen LogP contribution in [0.15, 0.2) is 0 Å². The van der Waals surface area contributed by atoms with Gasteiger partial charge in [0.05, 0.1) is 6.10 Å². The molecule has 52 valence electrons. The van der Waals surface area contributed by atoms with Crippen molar-refractivity contribution in [3.63, 3.8) is 0 Å². The van der Waals surface area contributed by atoms with Crippen LogP contribution < -0.4 is 0 Å². The molecule has 1 aliphatic carbocycles. The van der Waals surface area contributed by atoms with Crippen molar-refractivity contribution >= 4 is 0 Å². The Morgan fingerprint density at radius 1 is 1.44 bits per heavy atom. The molecule has 0 amide bonds. The van der Waals surface area contributed by atoms with Crippen LogP contribution >= 0.6 is 0 Å². The summed E-state index contributed by atoms with van der Waals surface area (Å²) in [6.45, 7) is 5.62. The van der Waals surface area contributed by atoms with E-state index in [9.17, 15) is 0 Å². The van der Waals surface area contributed by atoms with E-state index in [4.69, 9.17) is 4.74 Å². The van der Waals surface area contributed by atoms with Gasteiger partial charge in [0.2, 0.25) is 0 Å². The molecule has 2 aliphatic rings. The lowest BCUT2D eigenvalue weighted by atomic mass is 10.1. The minimum atomic E-state index is 0.671. The van der Waals surface area contributed by atoms with Crippen LogP contribution in [-0.2, 0) is 4.74 Å². The van der Waals surface area contributed by atoms with Gasteiger partial charge in [-0.15, -0.1) is 0 Å². The standard InChI is InChI=1S/C8H14O/c1-5(2)7-6-3-4-9-8(6)7/h5-8H,3-4H2,1-2H3. The summed E-state index contributed by atoms with van der Waals surface area (Å²) >= 11 is 0. The quantitative estimate of drug-likeness (QED) is 0.519. The topological polar surface area (TPSA) is 9.23 Å². The highest BCUT2D eigenvalue weighted by atomic mass is 16.5. The zero-order valence-corrected chi connectivity index (χ0v) is 6.13. The van der Waals surface area contributed by atoms with Crippen molar-refractivity contribution in [1.29, 1.82) is 0 Å². The normalized spacial score (nSPS) is 47.7. The molecule has 0 spiro atoms. The van der Waals surface area contributed by atoms with Crippen molar-refractivity contribution in [2.75, 3.05) is 6.61 Å². The molecule has 0 aromatic rings. The third-order valence-electron chi connectivity index (χ3n) is 2.69. The molecule has 1 heteroatoms. The number of ether oxygens (including phenoxy) is 1. The first-order valence-electron chi connectivity index (χ1n) is 3.92. The molecule has 1 saturated carbocycles. The van der Waals surface area contributed by atoms with Crippen molar-refractivity contribution in [1.82, 2.24) is 0 Å². The Bertz CT molecular complexity index is 110. The van der Waals surface area contributed by atoms with Gasteiger partial charge in [-0.05, 0) is 24.2 Å². The Morgan fingerprint density at radius 2 is 2.22 bits per heavy atom. The maximum absolute atomic E-state index is 5.50. The maximum atomic E-state index is 5.50. The fourth-order valence-corrected chi connectivity index (χ4v) is 2.17. The molecule has 1 nitrogen and oxygen atoms in total. The van der Waals surface area contributed by atoms with Gasteiger partial charge in [0.25, 0.3) is 0 Å². The van der Waals surface area contributed by atoms with E-state index in [2.05, 4.69) is 13.8 Å². The SMILES string of the molecule is CC(C)C1C2CCOC21. The van der Waals surface area contributed by atoms with Gasteiger partial charge in [0, 0.05) is 6.61 Å². The van der Waals surface area contributed by atoms with Crippen LogP contribution in [0, 0.1) is 17.8 Å². The zero-order valence-electron chi connectivity index (χ0n) is 6.13. The summed E-state index contributed by atoms with van der Waals surface area (Å²) in [5, 5.41) is 0. The molecule has 0 bridgehead atoms. The monoisotopic (exact) mass is 126 g/mol. The number of hydrogen-bond acceptors (Lipinski definition) is 1. The highest BCUT2D eigenvalue weighted by Gasteiger charge is 2.55. The fraction of sp³-hybridized carbons (Fsp3) is 1.00. The van der Waals surface area contributed by atoms with Gasteiger partial charge in [-0.1, -0.05) is 13.8 Å². The van der Waals surface area contributed by atoms with Gasteiger partial charge in [-0.3, -0.25) is 0 Å². The lowest BCUT2D eigenvalue weighted by molar-refractivity contribution is 0.129. The van der Waals surface area contributed by atoms with E-state index < -0.39 is 0 Å². The van der Waals surface area contributed by atoms with Gasteiger partial charge in [-0.25, -0.2) is 0 Å². The molecule has 1 heterocycles. The van der Waals surface area contributed by atoms with Crippen LogP contribution in [0.4, 0.5) is 0 Å². The fourth-order valence-electron chi connectivity index (χ4n) is 2.17. The summed E-state index contributed by atoms with van der Waals surface area (Å²) in [6.07, 6.45) is 2.00. The molecule has 1 saturated heterocycles. The summed E-state index contributed by atoms with van der Waals surface area (Å²) in [4.78, 5) is 0. The van der Waals surface area contributed by atoms with Gasteiger partial charge in [0.1, 0.15) is 0 Å². The van der Waals surface area contributed by atoms with Crippen LogP contribution in [0.5, 0.6) is 0 Å². The van der Waals surface area contributed by atoms with Crippen molar-refractivity contribution in [3.8, 4) is 0 Å². The van der Waals surface area contributed by atoms with E-state index in [1.807, 2.05) is 0 Å². The molecule has 3 unspecified atom stereocenters. The average Bonchev–Trinajstić information content (AvgIpc) is 2.30. The largest absolute Gasteiger partial charge is 0.378 e. The Kier molecular flexibility index (Phi) is 1.10. The number of rotatable bonds is 1. The highest BCUT2D eigenvalue weighted by molar-refractivity contribution is 5.03. The predicted octanol–water partition coefficient (Wildman–Crippen LogP) is 1.68. The van der Waals surface area contributed by atoms with Gasteiger partial charge < -0.3 is 4.74 Å². The summed E-state index contributed by atoms with van der Waals surface area (Å²) in [7, 11) is 0. The first-order chi connectivity index (χ1) is 4.30. The smallest absolute Gasteiger partial charge is 0.0642 e. The Labute approximate surface area is 56.4 Å². The van der Waals surface area contributed by atoms with Gasteiger partial charge in [-0.2, -0.15) is 0 Å². The van der Waals surface area contributed by atoms with Gasteiger partial charge in [0.15, 0.2) is 0 Å². The average molecular weight is 126 g/mol. The van der Waals surface area contributed by atoms with E-state index in [1.54, 1.807) is 0 Å². The van der Waals surface area contributed by atoms with Crippen molar-refractivity contribution in [2.24, 2.45) is 17.8 Å². The molecule has 9 heavy (non-hydrogen) atoms. The maximum Gasteiger partial charge on any atom is 0.0642 e. The van der Waals surface area contributed by atoms with Crippen LogP contribution in [0.2, 0.25) is 0 Å². The second-order valence-corrected chi connectivity index (χ2v) is 3.61. The molecule has 0 aromatic heterocycles. The Hall–Kier alpha value is -0.0400. The van der Waals surface area contributed by atoms with Crippen molar-refractivity contribution < 1.29 is 4.74 Å². The first-order valence-corrected chi connectivity index (χ1v) is 3.92. The molecular weight excluding hydrogens is 112 g/mol. The van der Waals surface area contributed by atoms with E-state index in [1.165, 1.54) is 6.42 Å². The predicted molar refractivity (Wildman–Crippen MR) is 36.2 cm³/mol. The molecule has 0 N–H and O–H groups in total. The Balaban J connectivity index is 1.94. The molecule has 0 radical (unpaired) electrons. The molecule has 3 atom stereocenters. The molecule has 2 fully saturated rings. The third kappa shape index (κ3) is 0.710. The van der Waals surface area contributed by atoms with Crippen molar-refractivity contribution in [3.05, 3.63) is 0 Å². The second-order valence-electron chi connectivity index (χ2n) is 3.61. The van der Waals surface area contributed by atoms with E-state index >= 15 is 0 Å². The second kappa shape index (κ2) is 1.72. The minimum absolute atomic E-state index is 0.671. The van der Waals surface area contributed by atoms with Crippen molar-refractivity contribution in [2.45, 2.75) is 26.4 Å². The lowest BCUT2D eigenvalue weighted by Crippen LogP contribution is -2.02. The number of hydrogen-bond donors (Lipinski definition) is 0. The highest BCUT2D eigenvalue weighted by Crippen LogP contribution is 2.52. The minimum Gasteiger partial charge on any atom is -0.378 e. The van der Waals surface area contributed by atoms with Crippen LogP contribution in [0.3, 0.4) is 0 Å². The molecule has 1 aliphatic heterocycles. The van der Waals surface area contributed by atoms with E-state index in [0.29, 0.717) is 6.10 Å². The Morgan fingerprint density at radius 3 is 2.56 bits per heavy atom. The molecular formula is C8H14O. The summed E-state index contributed by atoms with van der Waals surface area (Å²) in [6, 6.07) is 0. The summed E-state index contributed by atoms with van der Waals surface area (Å²) in [5.41, 5.74) is 0. The van der Waals surface area contributed by atoms with Crippen LogP contribution in [-0.4, -0.2) is 12.7 Å². The first kappa shape index (κ1) is 5.72. The van der Waals surface area contributed by atoms with E-state index in [-0.39, 0.29) is 0 Å². The molecule has 2 rings (SSSR count). The molecule has 0 aromatic carbocycles. The lowest BCUT2D eigenvalue weighted by Gasteiger charge is -2.05. The van der Waals surface area contributed by atoms with Crippen LogP contribution in [0.1, 0.15) is 20.3 Å². The summed E-state index contributed by atoms with van der Waals surface area (Å²) < 4.78 is 5.50. The van der Waals surface area contributed by atoms with E-state index in [0.717, 1.165) is 24.4 Å². The van der Waals surface area contributed by atoms with Gasteiger partial charge >= 0.3 is 0 Å².